The molecule has 4 aromatic carbocycles. The third-order valence-electron chi connectivity index (χ3n) is 8.03. The number of carbonyl (C=O) groups excluding carboxylic acids is 3. The van der Waals surface area contributed by atoms with Gasteiger partial charge < -0.3 is 20.3 Å². The summed E-state index contributed by atoms with van der Waals surface area (Å²) < 4.78 is 5.57. The first-order valence-electron chi connectivity index (χ1n) is 16.8. The van der Waals surface area contributed by atoms with Crippen molar-refractivity contribution in [2.45, 2.75) is 83.9 Å². The first-order valence-corrected chi connectivity index (χ1v) is 16.8. The van der Waals surface area contributed by atoms with E-state index >= 15 is 0 Å². The van der Waals surface area contributed by atoms with Crippen molar-refractivity contribution in [3.8, 4) is 12.3 Å². The Morgan fingerprint density at radius 3 is 2.17 bits per heavy atom. The molecule has 7 heteroatoms. The molecule has 0 spiro atoms. The van der Waals surface area contributed by atoms with Crippen LogP contribution < -0.4 is 10.6 Å². The van der Waals surface area contributed by atoms with Gasteiger partial charge in [-0.3, -0.25) is 9.59 Å². The van der Waals surface area contributed by atoms with E-state index in [0.717, 1.165) is 42.0 Å². The Balaban J connectivity index is 1.75. The molecule has 2 atom stereocenters. The minimum absolute atomic E-state index is 0.223. The highest BCUT2D eigenvalue weighted by Gasteiger charge is 2.36. The van der Waals surface area contributed by atoms with Crippen LogP contribution in [0.15, 0.2) is 97.1 Å². The van der Waals surface area contributed by atoms with Crippen molar-refractivity contribution < 1.29 is 19.1 Å². The third kappa shape index (κ3) is 10.5. The van der Waals surface area contributed by atoms with Crippen LogP contribution in [0, 0.1) is 12.3 Å². The van der Waals surface area contributed by atoms with E-state index in [-0.39, 0.29) is 18.2 Å². The number of fused-ring (bicyclic) bond motifs is 1. The Bertz CT molecular complexity index is 1700. The number of nitrogens with one attached hydrogen (secondary N) is 2. The first-order chi connectivity index (χ1) is 23.1. The minimum Gasteiger partial charge on any atom is -0.444 e. The molecule has 0 radical (unpaired) electrons. The second-order valence-corrected chi connectivity index (χ2v) is 13.1. The second-order valence-electron chi connectivity index (χ2n) is 13.1. The first kappa shape index (κ1) is 35.8. The van der Waals surface area contributed by atoms with Crippen molar-refractivity contribution in [1.82, 2.24) is 10.2 Å². The van der Waals surface area contributed by atoms with Gasteiger partial charge in [-0.1, -0.05) is 111 Å². The van der Waals surface area contributed by atoms with Gasteiger partial charge in [0.05, 0.1) is 0 Å². The number of alkyl carbamates (subject to hydrolysis) is 1. The lowest BCUT2D eigenvalue weighted by atomic mass is 9.98. The van der Waals surface area contributed by atoms with Crippen molar-refractivity contribution in [3.05, 3.63) is 114 Å². The number of anilines is 1. The van der Waals surface area contributed by atoms with Gasteiger partial charge >= 0.3 is 6.09 Å². The van der Waals surface area contributed by atoms with Crippen LogP contribution in [0.3, 0.4) is 0 Å². The maximum Gasteiger partial charge on any atom is 0.408 e. The van der Waals surface area contributed by atoms with Crippen LogP contribution in [0.25, 0.3) is 10.8 Å². The third-order valence-corrected chi connectivity index (χ3v) is 8.03. The molecule has 2 unspecified atom stereocenters. The molecule has 2 N–H and O–H groups in total. The number of ether oxygens (including phenoxy) is 1. The van der Waals surface area contributed by atoms with Gasteiger partial charge in [0, 0.05) is 24.2 Å². The number of amides is 3. The molecule has 0 fully saturated rings. The standard InChI is InChI=1S/C41H47N3O4/c1-6-8-9-10-16-27-44(39(46)36(28-31-17-12-11-13-18-31)43-40(47)48-41(3,4)5)37(33-23-21-30(7-2)22-24-33)38(45)42-35-26-25-32-19-14-15-20-34(32)29-35/h2,11-15,17-26,29,36-37H,6,8-10,16,27-28H2,1,3-5H3,(H,42,45)(H,43,47). The lowest BCUT2D eigenvalue weighted by Crippen LogP contribution is -2.53. The lowest BCUT2D eigenvalue weighted by molar-refractivity contribution is -0.140. The lowest BCUT2D eigenvalue weighted by Gasteiger charge is -2.35. The molecule has 4 rings (SSSR count). The Kier molecular flexibility index (Phi) is 12.8. The molecule has 3 amide bonds. The monoisotopic (exact) mass is 645 g/mol. The number of hydrogen-bond acceptors (Lipinski definition) is 4. The SMILES string of the molecule is C#Cc1ccc(C(C(=O)Nc2ccc3ccccc3c2)N(CCCCCCC)C(=O)C(Cc2ccccc2)NC(=O)OC(C)(C)C)cc1. The van der Waals surface area contributed by atoms with Crippen LogP contribution in [-0.2, 0) is 20.7 Å². The summed E-state index contributed by atoms with van der Waals surface area (Å²) in [6.45, 7) is 7.79. The molecule has 0 saturated carbocycles. The zero-order valence-electron chi connectivity index (χ0n) is 28.5. The number of nitrogens with zero attached hydrogens (tertiary/aromatic N) is 1. The maximum absolute atomic E-state index is 14.8. The van der Waals surface area contributed by atoms with Gasteiger partial charge in [-0.2, -0.15) is 0 Å². The summed E-state index contributed by atoms with van der Waals surface area (Å²) in [6, 6.07) is 28.3. The Morgan fingerprint density at radius 1 is 0.833 bits per heavy atom. The van der Waals surface area contributed by atoms with Crippen LogP contribution in [0.4, 0.5) is 10.5 Å². The van der Waals surface area contributed by atoms with Gasteiger partial charge in [0.1, 0.15) is 17.7 Å². The van der Waals surface area contributed by atoms with Crippen molar-refractivity contribution in [2.75, 3.05) is 11.9 Å². The predicted octanol–water partition coefficient (Wildman–Crippen LogP) is 8.44. The largest absolute Gasteiger partial charge is 0.444 e. The fourth-order valence-corrected chi connectivity index (χ4v) is 5.66. The molecule has 0 aliphatic rings. The fourth-order valence-electron chi connectivity index (χ4n) is 5.66. The quantitative estimate of drug-likeness (QED) is 0.106. The average Bonchev–Trinajstić information content (AvgIpc) is 3.06. The van der Waals surface area contributed by atoms with Crippen LogP contribution in [-0.4, -0.2) is 41.0 Å². The summed E-state index contributed by atoms with van der Waals surface area (Å²) in [6.07, 6.45) is 9.96. The summed E-state index contributed by atoms with van der Waals surface area (Å²) >= 11 is 0. The highest BCUT2D eigenvalue weighted by Crippen LogP contribution is 2.27. The van der Waals surface area contributed by atoms with Crippen LogP contribution in [0.2, 0.25) is 0 Å². The smallest absolute Gasteiger partial charge is 0.408 e. The zero-order chi connectivity index (χ0) is 34.5. The van der Waals surface area contributed by atoms with E-state index in [1.807, 2.05) is 72.8 Å². The number of rotatable bonds is 14. The minimum atomic E-state index is -0.999. The number of terminal acetylenes is 1. The molecule has 0 aliphatic heterocycles. The van der Waals surface area contributed by atoms with Crippen LogP contribution in [0.1, 0.15) is 82.5 Å². The maximum atomic E-state index is 14.8. The summed E-state index contributed by atoms with van der Waals surface area (Å²) in [4.78, 5) is 43.9. The van der Waals surface area contributed by atoms with Gasteiger partial charge in [-0.05, 0) is 73.4 Å². The zero-order valence-corrected chi connectivity index (χ0v) is 28.5. The second kappa shape index (κ2) is 17.2. The van der Waals surface area contributed by atoms with E-state index in [1.165, 1.54) is 0 Å². The summed E-state index contributed by atoms with van der Waals surface area (Å²) in [5.41, 5.74) is 2.01. The van der Waals surface area contributed by atoms with E-state index in [4.69, 9.17) is 11.2 Å². The average molecular weight is 646 g/mol. The number of unbranched alkanes of at least 4 members (excludes halogenated alkanes) is 4. The van der Waals surface area contributed by atoms with Gasteiger partial charge in [0.25, 0.3) is 5.91 Å². The van der Waals surface area contributed by atoms with Crippen LogP contribution in [0.5, 0.6) is 0 Å². The molecule has 0 saturated heterocycles. The van der Waals surface area contributed by atoms with E-state index in [1.54, 1.807) is 49.9 Å². The van der Waals surface area contributed by atoms with Crippen molar-refractivity contribution in [2.24, 2.45) is 0 Å². The highest BCUT2D eigenvalue weighted by molar-refractivity contribution is 6.00. The number of hydrogen-bond donors (Lipinski definition) is 2. The molecule has 4 aromatic rings. The topological polar surface area (TPSA) is 87.7 Å². The summed E-state index contributed by atoms with van der Waals surface area (Å²) in [7, 11) is 0. The number of benzene rings is 4. The van der Waals surface area contributed by atoms with Crippen molar-refractivity contribution in [3.63, 3.8) is 0 Å². The summed E-state index contributed by atoms with van der Waals surface area (Å²) in [5.74, 6) is 1.89. The highest BCUT2D eigenvalue weighted by atomic mass is 16.6. The predicted molar refractivity (Wildman–Crippen MR) is 193 cm³/mol. The van der Waals surface area contributed by atoms with Gasteiger partial charge in [0.2, 0.25) is 5.91 Å². The normalized spacial score (nSPS) is 12.4. The Hall–Kier alpha value is -5.09. The Labute approximate surface area is 285 Å². The van der Waals surface area contributed by atoms with Crippen molar-refractivity contribution in [1.29, 1.82) is 0 Å². The number of carbonyl (C=O) groups is 3. The Morgan fingerprint density at radius 2 is 1.50 bits per heavy atom. The molecular weight excluding hydrogens is 598 g/mol. The molecule has 0 aromatic heterocycles. The molecule has 0 bridgehead atoms. The van der Waals surface area contributed by atoms with E-state index in [0.29, 0.717) is 29.8 Å². The molecule has 250 valence electrons. The fraction of sp³-hybridized carbons (Fsp3) is 0.341. The van der Waals surface area contributed by atoms with Gasteiger partial charge in [0.15, 0.2) is 0 Å². The van der Waals surface area contributed by atoms with E-state index in [2.05, 4.69) is 23.5 Å². The molecule has 48 heavy (non-hydrogen) atoms. The molecule has 0 aliphatic carbocycles. The van der Waals surface area contributed by atoms with E-state index < -0.39 is 23.8 Å². The van der Waals surface area contributed by atoms with Gasteiger partial charge in [-0.25, -0.2) is 4.79 Å². The summed E-state index contributed by atoms with van der Waals surface area (Å²) in [5, 5.41) is 7.96. The van der Waals surface area contributed by atoms with Gasteiger partial charge in [-0.15, -0.1) is 6.42 Å². The van der Waals surface area contributed by atoms with Crippen LogP contribution >= 0.6 is 0 Å². The molecule has 7 nitrogen and oxygen atoms in total. The van der Waals surface area contributed by atoms with E-state index in [9.17, 15) is 14.4 Å². The molecule has 0 heterocycles. The molecular formula is C41H47N3O4. The van der Waals surface area contributed by atoms with Crippen molar-refractivity contribution >= 4 is 34.4 Å².